The van der Waals surface area contributed by atoms with Crippen molar-refractivity contribution < 1.29 is 9.53 Å². The minimum absolute atomic E-state index is 0.0656. The van der Waals surface area contributed by atoms with Gasteiger partial charge in [-0.3, -0.25) is 4.79 Å². The molecule has 0 saturated heterocycles. The Balaban J connectivity index is 1.71. The van der Waals surface area contributed by atoms with Gasteiger partial charge in [0.2, 0.25) is 5.91 Å². The molecule has 0 aliphatic heterocycles. The lowest BCUT2D eigenvalue weighted by Crippen LogP contribution is -2.40. The fourth-order valence-corrected chi connectivity index (χ4v) is 3.23. The van der Waals surface area contributed by atoms with Crippen LogP contribution in [-0.2, 0) is 4.79 Å². The molecule has 1 saturated carbocycles. The highest BCUT2D eigenvalue weighted by Gasteiger charge is 2.24. The van der Waals surface area contributed by atoms with Gasteiger partial charge in [0, 0.05) is 6.04 Å². The highest BCUT2D eigenvalue weighted by Crippen LogP contribution is 2.28. The van der Waals surface area contributed by atoms with E-state index < -0.39 is 0 Å². The normalized spacial score (nSPS) is 25.3. The van der Waals surface area contributed by atoms with Crippen molar-refractivity contribution in [3.05, 3.63) is 24.3 Å². The first-order chi connectivity index (χ1) is 10.0. The van der Waals surface area contributed by atoms with Crippen molar-refractivity contribution in [1.29, 1.82) is 0 Å². The summed E-state index contributed by atoms with van der Waals surface area (Å²) >= 11 is 0. The van der Waals surface area contributed by atoms with Crippen molar-refractivity contribution >= 4 is 11.6 Å². The third kappa shape index (κ3) is 4.96. The summed E-state index contributed by atoms with van der Waals surface area (Å²) in [6, 6.07) is 7.66. The minimum atomic E-state index is 0.0656. The zero-order valence-corrected chi connectivity index (χ0v) is 13.0. The Hall–Kier alpha value is -1.71. The van der Waals surface area contributed by atoms with E-state index >= 15 is 0 Å². The number of nitrogens with one attached hydrogen (secondary N) is 1. The average Bonchev–Trinajstić information content (AvgIpc) is 2.39. The molecule has 2 rings (SSSR count). The second kappa shape index (κ2) is 7.34. The van der Waals surface area contributed by atoms with Crippen molar-refractivity contribution in [2.75, 3.05) is 12.3 Å². The van der Waals surface area contributed by atoms with Gasteiger partial charge in [0.1, 0.15) is 5.75 Å². The van der Waals surface area contributed by atoms with Crippen LogP contribution in [0.2, 0.25) is 0 Å². The molecule has 0 radical (unpaired) electrons. The molecule has 2 unspecified atom stereocenters. The van der Waals surface area contributed by atoms with E-state index in [-0.39, 0.29) is 5.91 Å². The van der Waals surface area contributed by atoms with Crippen molar-refractivity contribution in [3.63, 3.8) is 0 Å². The first kappa shape index (κ1) is 15.7. The summed E-state index contributed by atoms with van der Waals surface area (Å²) in [4.78, 5) is 12.0. The van der Waals surface area contributed by atoms with Crippen LogP contribution in [-0.4, -0.2) is 18.6 Å². The summed E-state index contributed by atoms with van der Waals surface area (Å²) in [6.45, 7) is 4.88. The smallest absolute Gasteiger partial charge is 0.223 e. The Morgan fingerprint density at radius 2 is 1.90 bits per heavy atom. The molecule has 4 nitrogen and oxygen atoms in total. The molecule has 1 amide bonds. The van der Waals surface area contributed by atoms with Crippen LogP contribution in [0.15, 0.2) is 24.3 Å². The van der Waals surface area contributed by atoms with E-state index in [1.165, 1.54) is 6.42 Å². The van der Waals surface area contributed by atoms with Gasteiger partial charge in [-0.25, -0.2) is 0 Å². The number of carbonyl (C=O) groups excluding carboxylic acids is 1. The molecule has 1 aliphatic carbocycles. The van der Waals surface area contributed by atoms with E-state index in [9.17, 15) is 4.79 Å². The topological polar surface area (TPSA) is 64.3 Å². The third-order valence-electron chi connectivity index (χ3n) is 4.05. The molecular formula is C17H26N2O2. The van der Waals surface area contributed by atoms with Crippen LogP contribution < -0.4 is 15.8 Å². The number of hydrogen-bond acceptors (Lipinski definition) is 3. The Morgan fingerprint density at radius 1 is 1.24 bits per heavy atom. The van der Waals surface area contributed by atoms with E-state index in [2.05, 4.69) is 19.2 Å². The molecule has 1 aliphatic rings. The maximum atomic E-state index is 12.0. The first-order valence-electron chi connectivity index (χ1n) is 7.81. The van der Waals surface area contributed by atoms with Gasteiger partial charge in [-0.2, -0.15) is 0 Å². The predicted molar refractivity (Wildman–Crippen MR) is 85.1 cm³/mol. The number of para-hydroxylation sites is 2. The zero-order chi connectivity index (χ0) is 15.2. The molecule has 1 aromatic carbocycles. The van der Waals surface area contributed by atoms with Crippen molar-refractivity contribution in [2.45, 2.75) is 45.6 Å². The Bertz CT molecular complexity index is 466. The molecular weight excluding hydrogens is 264 g/mol. The van der Waals surface area contributed by atoms with Gasteiger partial charge in [-0.05, 0) is 43.2 Å². The number of amides is 1. The lowest BCUT2D eigenvalue weighted by Gasteiger charge is -2.31. The SMILES string of the molecule is CC1CC(C)CC(NC(=O)CCOc2ccccc2N)C1. The molecule has 0 aromatic heterocycles. The summed E-state index contributed by atoms with van der Waals surface area (Å²) in [5, 5.41) is 3.13. The zero-order valence-electron chi connectivity index (χ0n) is 13.0. The number of hydrogen-bond donors (Lipinski definition) is 2. The van der Waals surface area contributed by atoms with E-state index in [1.807, 2.05) is 18.2 Å². The van der Waals surface area contributed by atoms with Gasteiger partial charge in [-0.1, -0.05) is 26.0 Å². The Morgan fingerprint density at radius 3 is 2.57 bits per heavy atom. The van der Waals surface area contributed by atoms with Gasteiger partial charge in [0.15, 0.2) is 0 Å². The molecule has 3 N–H and O–H groups in total. The second-order valence-corrected chi connectivity index (χ2v) is 6.32. The lowest BCUT2D eigenvalue weighted by molar-refractivity contribution is -0.122. The van der Waals surface area contributed by atoms with Gasteiger partial charge >= 0.3 is 0 Å². The number of benzene rings is 1. The lowest BCUT2D eigenvalue weighted by atomic mass is 9.80. The van der Waals surface area contributed by atoms with E-state index in [0.29, 0.717) is 42.3 Å². The largest absolute Gasteiger partial charge is 0.491 e. The molecule has 116 valence electrons. The number of carbonyl (C=O) groups is 1. The minimum Gasteiger partial charge on any atom is -0.491 e. The van der Waals surface area contributed by atoms with Crippen LogP contribution in [0.1, 0.15) is 39.5 Å². The maximum absolute atomic E-state index is 12.0. The third-order valence-corrected chi connectivity index (χ3v) is 4.05. The highest BCUT2D eigenvalue weighted by atomic mass is 16.5. The summed E-state index contributed by atoms with van der Waals surface area (Å²) in [7, 11) is 0. The number of rotatable bonds is 5. The molecule has 0 spiro atoms. The molecule has 1 fully saturated rings. The second-order valence-electron chi connectivity index (χ2n) is 6.32. The van der Waals surface area contributed by atoms with Crippen LogP contribution in [0.4, 0.5) is 5.69 Å². The van der Waals surface area contributed by atoms with Gasteiger partial charge in [0.05, 0.1) is 18.7 Å². The van der Waals surface area contributed by atoms with Crippen LogP contribution >= 0.6 is 0 Å². The van der Waals surface area contributed by atoms with E-state index in [1.54, 1.807) is 6.07 Å². The predicted octanol–water partition coefficient (Wildman–Crippen LogP) is 2.98. The average molecular weight is 290 g/mol. The summed E-state index contributed by atoms with van der Waals surface area (Å²) in [6.07, 6.45) is 3.81. The van der Waals surface area contributed by atoms with Crippen LogP contribution in [0.25, 0.3) is 0 Å². The quantitative estimate of drug-likeness (QED) is 0.819. The first-order valence-corrected chi connectivity index (χ1v) is 7.81. The fourth-order valence-electron chi connectivity index (χ4n) is 3.23. The highest BCUT2D eigenvalue weighted by molar-refractivity contribution is 5.76. The molecule has 1 aromatic rings. The number of nitrogens with two attached hydrogens (primary N) is 1. The van der Waals surface area contributed by atoms with Gasteiger partial charge in [0.25, 0.3) is 0 Å². The summed E-state index contributed by atoms with van der Waals surface area (Å²) in [5.41, 5.74) is 6.40. The van der Waals surface area contributed by atoms with Gasteiger partial charge < -0.3 is 15.8 Å². The molecule has 0 bridgehead atoms. The van der Waals surface area contributed by atoms with E-state index in [4.69, 9.17) is 10.5 Å². The van der Waals surface area contributed by atoms with Crippen molar-refractivity contribution in [1.82, 2.24) is 5.32 Å². The molecule has 21 heavy (non-hydrogen) atoms. The molecule has 0 heterocycles. The monoisotopic (exact) mass is 290 g/mol. The number of anilines is 1. The maximum Gasteiger partial charge on any atom is 0.223 e. The Labute approximate surface area is 127 Å². The van der Waals surface area contributed by atoms with E-state index in [0.717, 1.165) is 12.8 Å². The standard InChI is InChI=1S/C17H26N2O2/c1-12-9-13(2)11-14(10-12)19-17(20)7-8-21-16-6-4-3-5-15(16)18/h3-6,12-14H,7-11,18H2,1-2H3,(H,19,20). The summed E-state index contributed by atoms with van der Waals surface area (Å²) in [5.74, 6) is 2.10. The van der Waals surface area contributed by atoms with Gasteiger partial charge in [-0.15, -0.1) is 0 Å². The Kier molecular flexibility index (Phi) is 5.48. The molecule has 2 atom stereocenters. The van der Waals surface area contributed by atoms with Crippen LogP contribution in [0.5, 0.6) is 5.75 Å². The molecule has 4 heteroatoms. The number of nitrogen functional groups attached to an aromatic ring is 1. The van der Waals surface area contributed by atoms with Crippen LogP contribution in [0, 0.1) is 11.8 Å². The van der Waals surface area contributed by atoms with Crippen molar-refractivity contribution in [3.8, 4) is 5.75 Å². The number of ether oxygens (including phenoxy) is 1. The fraction of sp³-hybridized carbons (Fsp3) is 0.588. The summed E-state index contributed by atoms with van der Waals surface area (Å²) < 4.78 is 5.55. The van der Waals surface area contributed by atoms with Crippen LogP contribution in [0.3, 0.4) is 0 Å². The van der Waals surface area contributed by atoms with Crippen molar-refractivity contribution in [2.24, 2.45) is 11.8 Å².